The fourth-order valence-corrected chi connectivity index (χ4v) is 10.3. The van der Waals surface area contributed by atoms with Gasteiger partial charge in [-0.05, 0) is 104 Å². The Morgan fingerprint density at radius 1 is 1.18 bits per heavy atom. The summed E-state index contributed by atoms with van der Waals surface area (Å²) in [6.07, 6.45) is 12.5. The quantitative estimate of drug-likeness (QED) is 0.330. The van der Waals surface area contributed by atoms with E-state index in [-0.39, 0.29) is 22.8 Å². The number of hydrogen-bond acceptors (Lipinski definition) is 7. The van der Waals surface area contributed by atoms with E-state index >= 15 is 0 Å². The van der Waals surface area contributed by atoms with Crippen LogP contribution in [0.2, 0.25) is 5.02 Å². The monoisotopic (exact) mass is 703 g/mol. The molecule has 3 aliphatic carbocycles. The number of nitrogens with one attached hydrogen (secondary N) is 1. The molecule has 49 heavy (non-hydrogen) atoms. The number of aryl methyl sites for hydroxylation is 1. The molecule has 0 radical (unpaired) electrons. The number of halogens is 1. The Morgan fingerprint density at radius 2 is 2.06 bits per heavy atom. The van der Waals surface area contributed by atoms with Gasteiger partial charge < -0.3 is 14.4 Å². The summed E-state index contributed by atoms with van der Waals surface area (Å²) >= 11 is 6.52. The lowest BCUT2D eigenvalue weighted by molar-refractivity contribution is 0.0131. The fourth-order valence-electron chi connectivity index (χ4n) is 8.58. The molecule has 8 rings (SSSR count). The molecule has 12 heteroatoms. The molecule has 7 atom stereocenters. The normalized spacial score (nSPS) is 32.7. The van der Waals surface area contributed by atoms with E-state index in [0.717, 1.165) is 43.1 Å². The molecular weight excluding hydrogens is 662 g/mol. The number of ether oxygens (including phenoxy) is 2. The predicted molar refractivity (Wildman–Crippen MR) is 189 cm³/mol. The third kappa shape index (κ3) is 6.18. The maximum Gasteiger partial charge on any atom is 0.286 e. The van der Waals surface area contributed by atoms with Crippen LogP contribution in [-0.4, -0.2) is 64.5 Å². The summed E-state index contributed by atoms with van der Waals surface area (Å²) in [7, 11) is -0.00591. The first-order valence-electron chi connectivity index (χ1n) is 17.2. The van der Waals surface area contributed by atoms with Gasteiger partial charge in [0, 0.05) is 49.4 Å². The maximum absolute atomic E-state index is 14.2. The van der Waals surface area contributed by atoms with Gasteiger partial charge in [0.25, 0.3) is 11.8 Å². The van der Waals surface area contributed by atoms with E-state index in [4.69, 9.17) is 21.1 Å². The van der Waals surface area contributed by atoms with Crippen molar-refractivity contribution in [3.63, 3.8) is 0 Å². The van der Waals surface area contributed by atoms with Gasteiger partial charge in [-0.1, -0.05) is 29.8 Å². The van der Waals surface area contributed by atoms with Crippen molar-refractivity contribution in [3.05, 3.63) is 88.2 Å². The van der Waals surface area contributed by atoms with Crippen LogP contribution in [0.3, 0.4) is 0 Å². The largest absolute Gasteiger partial charge is 0.490 e. The molecule has 1 unspecified atom stereocenters. The number of methoxy groups -OCH3 is 1. The lowest BCUT2D eigenvalue weighted by Gasteiger charge is -2.46. The van der Waals surface area contributed by atoms with E-state index in [1.54, 1.807) is 20.2 Å². The van der Waals surface area contributed by atoms with Gasteiger partial charge in [-0.3, -0.25) is 19.0 Å². The van der Waals surface area contributed by atoms with Crippen LogP contribution >= 0.6 is 11.6 Å². The Morgan fingerprint density at radius 3 is 2.84 bits per heavy atom. The number of carbonyl (C=O) groups is 2. The highest BCUT2D eigenvalue weighted by atomic mass is 35.5. The van der Waals surface area contributed by atoms with Gasteiger partial charge in [0.15, 0.2) is 0 Å². The molecule has 1 spiro atoms. The first-order chi connectivity index (χ1) is 23.6. The minimum atomic E-state index is -3.47. The molecule has 2 amide bonds. The smallest absolute Gasteiger partial charge is 0.286 e. The van der Waals surface area contributed by atoms with E-state index in [1.807, 2.05) is 18.2 Å². The van der Waals surface area contributed by atoms with Crippen molar-refractivity contribution in [1.29, 1.82) is 0 Å². The number of rotatable bonds is 3. The molecule has 2 saturated carbocycles. The summed E-state index contributed by atoms with van der Waals surface area (Å²) in [5, 5.41) is 4.81. The first kappa shape index (κ1) is 32.5. The standard InChI is InChI=1S/C37H42ClN5O5S/c1-42-19-26(18-39-42)36(45)41-49(46)13-5-3-4-6-33(47-2)28-10-7-24(28)20-43-21-37(17-25-14-29(25)30-16-27(38)9-11-31(30)37)22-48-34-12-8-23(15-32(34)43)35(44)40-49/h4,6,8-9,11-12,15-16,18-19,24-25,28-29,33H,3,5,7,10,13-14,17,20-22H2,1-2H3,(H,40,41,44,45,46)/b6-4-/t24-,25-,28+,29-,33-,37-,49?/m0/s1. The van der Waals surface area contributed by atoms with Crippen molar-refractivity contribution in [2.24, 2.45) is 29.2 Å². The van der Waals surface area contributed by atoms with Crippen LogP contribution in [0.25, 0.3) is 0 Å². The Bertz CT molecular complexity index is 1970. The summed E-state index contributed by atoms with van der Waals surface area (Å²) < 4.78 is 35.2. The summed E-state index contributed by atoms with van der Waals surface area (Å²) in [6.45, 7) is 2.05. The second-order valence-electron chi connectivity index (χ2n) is 14.5. The van der Waals surface area contributed by atoms with Gasteiger partial charge >= 0.3 is 0 Å². The van der Waals surface area contributed by atoms with Crippen molar-refractivity contribution >= 4 is 39.0 Å². The molecule has 2 aliphatic heterocycles. The number of nitrogens with zero attached hydrogens (tertiary/aromatic N) is 4. The minimum Gasteiger partial charge on any atom is -0.490 e. The van der Waals surface area contributed by atoms with Crippen molar-refractivity contribution in [1.82, 2.24) is 14.5 Å². The molecule has 2 bridgehead atoms. The number of allylic oxidation sites excluding steroid dienone is 1. The Kier molecular flexibility index (Phi) is 8.35. The van der Waals surface area contributed by atoms with Crippen molar-refractivity contribution in [3.8, 4) is 5.75 Å². The molecule has 258 valence electrons. The number of amides is 2. The van der Waals surface area contributed by atoms with Crippen molar-refractivity contribution in [2.75, 3.05) is 37.5 Å². The van der Waals surface area contributed by atoms with Crippen molar-refractivity contribution in [2.45, 2.75) is 56.0 Å². The molecule has 0 saturated heterocycles. The summed E-state index contributed by atoms with van der Waals surface area (Å²) in [6, 6.07) is 11.7. The van der Waals surface area contributed by atoms with E-state index in [9.17, 15) is 13.8 Å². The molecule has 1 aromatic heterocycles. The highest BCUT2D eigenvalue weighted by Gasteiger charge is 2.54. The number of benzene rings is 2. The Balaban J connectivity index is 1.20. The molecule has 1 N–H and O–H groups in total. The van der Waals surface area contributed by atoms with Gasteiger partial charge in [0.2, 0.25) is 0 Å². The lowest BCUT2D eigenvalue weighted by Crippen LogP contribution is -2.49. The van der Waals surface area contributed by atoms with Crippen LogP contribution in [0, 0.1) is 17.8 Å². The molecular formula is C37H42ClN5O5S. The van der Waals surface area contributed by atoms with E-state index in [0.29, 0.717) is 54.4 Å². The van der Waals surface area contributed by atoms with Crippen molar-refractivity contribution < 1.29 is 23.3 Å². The van der Waals surface area contributed by atoms with Gasteiger partial charge in [0.05, 0.1) is 35.9 Å². The lowest BCUT2D eigenvalue weighted by atomic mass is 9.68. The predicted octanol–water partition coefficient (Wildman–Crippen LogP) is 6.06. The molecule has 2 fully saturated rings. The number of aromatic nitrogens is 2. The Hall–Kier alpha value is -3.67. The molecule has 3 aromatic rings. The summed E-state index contributed by atoms with van der Waals surface area (Å²) in [5.41, 5.74) is 3.80. The minimum absolute atomic E-state index is 0.0209. The van der Waals surface area contributed by atoms with Gasteiger partial charge in [-0.2, -0.15) is 5.10 Å². The molecule has 3 heterocycles. The molecule has 10 nitrogen and oxygen atoms in total. The first-order valence-corrected chi connectivity index (χ1v) is 19.3. The van der Waals surface area contributed by atoms with Gasteiger partial charge in [-0.15, -0.1) is 4.36 Å². The zero-order valence-electron chi connectivity index (χ0n) is 27.8. The number of anilines is 1. The topological polar surface area (TPSA) is 115 Å². The van der Waals surface area contributed by atoms with Gasteiger partial charge in [-0.25, -0.2) is 4.21 Å². The highest BCUT2D eigenvalue weighted by molar-refractivity contribution is 7.92. The second-order valence-corrected chi connectivity index (χ2v) is 17.0. The third-order valence-electron chi connectivity index (χ3n) is 11.3. The third-order valence-corrected chi connectivity index (χ3v) is 13.3. The zero-order chi connectivity index (χ0) is 33.9. The van der Waals surface area contributed by atoms with Crippen LogP contribution in [-0.2, 0) is 27.1 Å². The second kappa shape index (κ2) is 12.6. The van der Waals surface area contributed by atoms with E-state index in [2.05, 4.69) is 43.4 Å². The number of fused-ring (bicyclic) bond motifs is 6. The zero-order valence-corrected chi connectivity index (χ0v) is 29.4. The van der Waals surface area contributed by atoms with Crippen LogP contribution in [0.5, 0.6) is 5.75 Å². The number of hydrogen-bond donors (Lipinski definition) is 1. The average Bonchev–Trinajstić information content (AvgIpc) is 3.74. The van der Waals surface area contributed by atoms with Gasteiger partial charge in [0.1, 0.15) is 15.7 Å². The summed E-state index contributed by atoms with van der Waals surface area (Å²) in [5.74, 6) is 1.42. The van der Waals surface area contributed by atoms with Crippen LogP contribution in [0.15, 0.2) is 65.3 Å². The maximum atomic E-state index is 14.2. The molecule has 2 aromatic carbocycles. The average molecular weight is 704 g/mol. The molecule has 5 aliphatic rings. The SMILES string of the molecule is CO[C@H]1/C=C\CCCS(=O)(NC(=O)c2cnn(C)c2)=NC(=O)c2ccc3c(c2)N(C[C@@H]2CC[C@H]21)C[C@]1(CO3)C[C@@H]2C[C@@H]2c2cc(Cl)ccc21. The highest BCUT2D eigenvalue weighted by Crippen LogP contribution is 2.61. The van der Waals surface area contributed by atoms with E-state index < -0.39 is 21.7 Å². The Labute approximate surface area is 292 Å². The van der Waals surface area contributed by atoms with Crippen LogP contribution < -0.4 is 14.4 Å². The summed E-state index contributed by atoms with van der Waals surface area (Å²) in [4.78, 5) is 29.4. The fraction of sp³-hybridized carbons (Fsp3) is 0.486. The van der Waals surface area contributed by atoms with Crippen LogP contribution in [0.1, 0.15) is 76.3 Å². The van der Waals surface area contributed by atoms with Crippen LogP contribution in [0.4, 0.5) is 5.69 Å². The number of carbonyl (C=O) groups excluding carboxylic acids is 2. The van der Waals surface area contributed by atoms with E-state index in [1.165, 1.54) is 34.6 Å².